The highest BCUT2D eigenvalue weighted by Gasteiger charge is 2.51. The van der Waals surface area contributed by atoms with E-state index in [9.17, 15) is 39.8 Å². The molecule has 12 nitrogen and oxygen atoms in total. The summed E-state index contributed by atoms with van der Waals surface area (Å²) in [5.41, 5.74) is 0. The molecule has 1 aliphatic rings. The molecule has 13 heteroatoms. The number of carbonyl (C=O) groups is 1. The van der Waals surface area contributed by atoms with Gasteiger partial charge in [-0.25, -0.2) is 4.57 Å². The van der Waals surface area contributed by atoms with Gasteiger partial charge in [0, 0.05) is 6.61 Å². The summed E-state index contributed by atoms with van der Waals surface area (Å²) in [7, 11) is -5.04. The van der Waals surface area contributed by atoms with E-state index in [0.717, 1.165) is 57.8 Å². The van der Waals surface area contributed by atoms with Crippen molar-refractivity contribution in [2.45, 2.75) is 179 Å². The summed E-state index contributed by atoms with van der Waals surface area (Å²) < 4.78 is 33.9. The number of allylic oxidation sites excluding steroid dienone is 11. The van der Waals surface area contributed by atoms with Crippen molar-refractivity contribution in [2.75, 3.05) is 19.8 Å². The van der Waals surface area contributed by atoms with Crippen molar-refractivity contribution in [2.24, 2.45) is 0 Å². The molecule has 0 spiro atoms. The topological polar surface area (TPSA) is 192 Å². The van der Waals surface area contributed by atoms with Crippen LogP contribution < -0.4 is 0 Å². The van der Waals surface area contributed by atoms with Crippen LogP contribution in [-0.2, 0) is 27.9 Å². The fourth-order valence-electron chi connectivity index (χ4n) is 5.95. The Morgan fingerprint density at radius 2 is 1.04 bits per heavy atom. The third-order valence-electron chi connectivity index (χ3n) is 9.35. The van der Waals surface area contributed by atoms with Crippen molar-refractivity contribution < 1.29 is 58.3 Å². The van der Waals surface area contributed by atoms with Crippen LogP contribution >= 0.6 is 7.82 Å². The summed E-state index contributed by atoms with van der Waals surface area (Å²) in [5.74, 6) is -0.609. The molecule has 0 amide bonds. The first-order valence-electron chi connectivity index (χ1n) is 21.3. The van der Waals surface area contributed by atoms with Gasteiger partial charge in [0.1, 0.15) is 42.7 Å². The Kier molecular flexibility index (Phi) is 32.1. The van der Waals surface area contributed by atoms with Crippen LogP contribution in [0.15, 0.2) is 72.9 Å². The van der Waals surface area contributed by atoms with Gasteiger partial charge in [-0.3, -0.25) is 13.8 Å². The van der Waals surface area contributed by atoms with Crippen molar-refractivity contribution >= 4 is 13.8 Å². The van der Waals surface area contributed by atoms with Crippen molar-refractivity contribution in [1.29, 1.82) is 0 Å². The Bertz CT molecular complexity index is 1220. The summed E-state index contributed by atoms with van der Waals surface area (Å²) in [6.45, 7) is 3.99. The number of unbranched alkanes of at least 4 members (excludes halogenated alkanes) is 11. The number of aliphatic hydroxyl groups is 5. The zero-order valence-electron chi connectivity index (χ0n) is 34.6. The summed E-state index contributed by atoms with van der Waals surface area (Å²) >= 11 is 0. The first-order valence-corrected chi connectivity index (χ1v) is 22.8. The highest BCUT2D eigenvalue weighted by molar-refractivity contribution is 7.47. The smallest absolute Gasteiger partial charge is 0.457 e. The van der Waals surface area contributed by atoms with Crippen LogP contribution in [-0.4, -0.2) is 98.9 Å². The second-order valence-electron chi connectivity index (χ2n) is 14.5. The van der Waals surface area contributed by atoms with Crippen molar-refractivity contribution in [3.8, 4) is 0 Å². The predicted molar refractivity (Wildman–Crippen MR) is 225 cm³/mol. The number of phosphoric acid groups is 1. The molecule has 1 saturated carbocycles. The maximum Gasteiger partial charge on any atom is 0.472 e. The molecular weight excluding hydrogens is 751 g/mol. The largest absolute Gasteiger partial charge is 0.472 e. The van der Waals surface area contributed by atoms with Crippen molar-refractivity contribution in [1.82, 2.24) is 0 Å². The minimum Gasteiger partial charge on any atom is -0.457 e. The molecule has 6 N–H and O–H groups in total. The SMILES string of the molecule is CC/C=C\C/C=C\C/C=C\C/C=C\C/C=C\CC(=O)OC(COCCCCCCCC/C=C\CCCCCCC)COP(=O)(O)OC1C(O)C(O)C(O)C(O)C1O. The van der Waals surface area contributed by atoms with Gasteiger partial charge in [-0.2, -0.15) is 0 Å². The van der Waals surface area contributed by atoms with Crippen LogP contribution in [0.1, 0.15) is 136 Å². The molecule has 0 heterocycles. The van der Waals surface area contributed by atoms with Crippen LogP contribution in [0.4, 0.5) is 0 Å². The van der Waals surface area contributed by atoms with E-state index in [1.54, 1.807) is 6.08 Å². The molecule has 0 aliphatic heterocycles. The highest BCUT2D eigenvalue weighted by atomic mass is 31.2. The normalized spacial score (nSPS) is 23.6. The lowest BCUT2D eigenvalue weighted by Gasteiger charge is -2.41. The Hall–Kier alpha value is -2.22. The number of carbonyl (C=O) groups excluding carboxylic acids is 1. The van der Waals surface area contributed by atoms with Gasteiger partial charge in [-0.15, -0.1) is 0 Å². The highest BCUT2D eigenvalue weighted by Crippen LogP contribution is 2.47. The maximum atomic E-state index is 12.8. The zero-order chi connectivity index (χ0) is 42.0. The third-order valence-corrected chi connectivity index (χ3v) is 10.3. The van der Waals surface area contributed by atoms with Gasteiger partial charge in [-0.05, 0) is 64.2 Å². The Morgan fingerprint density at radius 1 is 0.579 bits per heavy atom. The molecule has 0 bridgehead atoms. The van der Waals surface area contributed by atoms with E-state index < -0.39 is 63.1 Å². The lowest BCUT2D eigenvalue weighted by Crippen LogP contribution is -2.64. The number of esters is 1. The van der Waals surface area contributed by atoms with Crippen LogP contribution in [0.3, 0.4) is 0 Å². The monoisotopic (exact) mass is 826 g/mol. The molecule has 1 fully saturated rings. The lowest BCUT2D eigenvalue weighted by atomic mass is 9.85. The molecule has 0 aromatic rings. The number of rotatable bonds is 34. The van der Waals surface area contributed by atoms with Gasteiger partial charge >= 0.3 is 13.8 Å². The van der Waals surface area contributed by atoms with Gasteiger partial charge in [0.25, 0.3) is 0 Å². The molecular formula is C44H75O12P. The molecule has 1 aliphatic carbocycles. The van der Waals surface area contributed by atoms with Gasteiger partial charge in [0.05, 0.1) is 19.6 Å². The van der Waals surface area contributed by atoms with Gasteiger partial charge in [0.2, 0.25) is 0 Å². The third kappa shape index (κ3) is 27.2. The van der Waals surface area contributed by atoms with Crippen LogP contribution in [0.25, 0.3) is 0 Å². The van der Waals surface area contributed by atoms with Crippen molar-refractivity contribution in [3.63, 3.8) is 0 Å². The van der Waals surface area contributed by atoms with Crippen LogP contribution in [0.5, 0.6) is 0 Å². The van der Waals surface area contributed by atoms with Crippen LogP contribution in [0.2, 0.25) is 0 Å². The van der Waals surface area contributed by atoms with E-state index in [2.05, 4.69) is 62.5 Å². The number of hydrogen-bond acceptors (Lipinski definition) is 11. The minimum absolute atomic E-state index is 0.0509. The summed E-state index contributed by atoms with van der Waals surface area (Å²) in [5, 5.41) is 50.1. The molecule has 57 heavy (non-hydrogen) atoms. The fraction of sp³-hybridized carbons (Fsp3) is 0.705. The van der Waals surface area contributed by atoms with E-state index in [0.29, 0.717) is 13.0 Å². The minimum atomic E-state index is -5.04. The molecule has 0 aromatic carbocycles. The molecule has 0 saturated heterocycles. The fourth-order valence-corrected chi connectivity index (χ4v) is 6.93. The lowest BCUT2D eigenvalue weighted by molar-refractivity contribution is -0.220. The molecule has 328 valence electrons. The van der Waals surface area contributed by atoms with E-state index in [1.807, 2.05) is 18.2 Å². The number of aliphatic hydroxyl groups excluding tert-OH is 5. The second-order valence-corrected chi connectivity index (χ2v) is 15.9. The average molecular weight is 827 g/mol. The van der Waals surface area contributed by atoms with Gasteiger partial charge < -0.3 is 39.9 Å². The molecule has 0 aromatic heterocycles. The number of hydrogen-bond donors (Lipinski definition) is 6. The number of ether oxygens (including phenoxy) is 2. The summed E-state index contributed by atoms with van der Waals surface area (Å²) in [6, 6.07) is 0. The van der Waals surface area contributed by atoms with E-state index in [4.69, 9.17) is 18.5 Å². The molecule has 1 rings (SSSR count). The Morgan fingerprint density at radius 3 is 1.56 bits per heavy atom. The standard InChI is InChI=1S/C44H75O12P/c1-3-5-7-9-11-13-15-17-19-21-23-25-27-29-31-33-38(45)55-37(36-54-57(51,52)56-44-42(49)40(47)39(46)41(48)43(44)50)35-53-34-32-30-28-26-24-22-20-18-16-14-12-10-8-6-4-2/h5,7,11,13,16-19,23,25,29,31,37,39-44,46-50H,3-4,6,8-10,12,14-15,20-22,24,26-28,30,32-36H2,1-2H3,(H,51,52)/b7-5-,13-11-,18-16-,19-17-,25-23-,31-29-. The Balaban J connectivity index is 2.51. The van der Waals surface area contributed by atoms with Crippen molar-refractivity contribution in [3.05, 3.63) is 72.9 Å². The van der Waals surface area contributed by atoms with Crippen LogP contribution in [0, 0.1) is 0 Å². The number of phosphoric ester groups is 1. The van der Waals surface area contributed by atoms with E-state index in [1.165, 1.54) is 51.4 Å². The Labute approximate surface area is 342 Å². The van der Waals surface area contributed by atoms with Gasteiger partial charge in [-0.1, -0.05) is 138 Å². The molecule has 0 radical (unpaired) electrons. The maximum absolute atomic E-state index is 12.8. The zero-order valence-corrected chi connectivity index (χ0v) is 35.5. The summed E-state index contributed by atoms with van der Waals surface area (Å²) in [4.78, 5) is 23.0. The van der Waals surface area contributed by atoms with E-state index >= 15 is 0 Å². The summed E-state index contributed by atoms with van der Waals surface area (Å²) in [6.07, 6.45) is 31.5. The van der Waals surface area contributed by atoms with E-state index in [-0.39, 0.29) is 13.0 Å². The predicted octanol–water partition coefficient (Wildman–Crippen LogP) is 8.02. The first-order chi connectivity index (χ1) is 27.5. The quantitative estimate of drug-likeness (QED) is 0.0159. The average Bonchev–Trinajstić information content (AvgIpc) is 3.19. The molecule has 6 atom stereocenters. The first kappa shape index (κ1) is 52.8. The molecule has 6 unspecified atom stereocenters. The van der Waals surface area contributed by atoms with Gasteiger partial charge in [0.15, 0.2) is 0 Å². The second kappa shape index (κ2) is 34.6.